The van der Waals surface area contributed by atoms with E-state index in [1.165, 1.54) is 0 Å². The van der Waals surface area contributed by atoms with E-state index < -0.39 is 0 Å². The molecule has 5 nitrogen and oxygen atoms in total. The fourth-order valence-electron chi connectivity index (χ4n) is 4.30. The van der Waals surface area contributed by atoms with Gasteiger partial charge < -0.3 is 14.8 Å². The average molecular weight is 441 g/mol. The van der Waals surface area contributed by atoms with Gasteiger partial charge in [0.2, 0.25) is 5.91 Å². The van der Waals surface area contributed by atoms with E-state index in [1.54, 1.807) is 0 Å². The molecule has 0 aliphatic carbocycles. The van der Waals surface area contributed by atoms with Gasteiger partial charge in [0.15, 0.2) is 0 Å². The van der Waals surface area contributed by atoms with E-state index in [2.05, 4.69) is 47.1 Å². The van der Waals surface area contributed by atoms with Gasteiger partial charge in [-0.1, -0.05) is 72.8 Å². The van der Waals surface area contributed by atoms with Crippen LogP contribution in [0.4, 0.5) is 0 Å². The molecule has 1 aromatic heterocycles. The van der Waals surface area contributed by atoms with Gasteiger partial charge in [-0.15, -0.1) is 0 Å². The van der Waals surface area contributed by atoms with Crippen LogP contribution in [0.2, 0.25) is 0 Å². The molecule has 0 fully saturated rings. The Morgan fingerprint density at radius 2 is 1.52 bits per heavy atom. The van der Waals surface area contributed by atoms with Crippen molar-refractivity contribution < 1.29 is 4.79 Å². The molecule has 0 bridgehead atoms. The van der Waals surface area contributed by atoms with Crippen LogP contribution in [0, 0.1) is 0 Å². The molecule has 4 aromatic rings. The van der Waals surface area contributed by atoms with Crippen LogP contribution < -0.4 is 5.32 Å². The molecule has 3 aromatic carbocycles. The second-order valence-corrected chi connectivity index (χ2v) is 8.62. The SMILES string of the molecule is CN(C)CCCn1c(CCNC(=O)C(c2ccccc2)c2ccccc2)nc2ccccc21. The molecule has 1 N–H and O–H groups in total. The zero-order valence-electron chi connectivity index (χ0n) is 19.4. The van der Waals surface area contributed by atoms with E-state index in [4.69, 9.17) is 4.98 Å². The van der Waals surface area contributed by atoms with Gasteiger partial charge in [0.1, 0.15) is 5.82 Å². The number of aromatic nitrogens is 2. The Kier molecular flexibility index (Phi) is 7.53. The molecule has 0 aliphatic heterocycles. The summed E-state index contributed by atoms with van der Waals surface area (Å²) in [6.45, 7) is 2.49. The number of amides is 1. The van der Waals surface area contributed by atoms with Crippen LogP contribution in [0.1, 0.15) is 29.3 Å². The standard InChI is InChI=1S/C28H32N4O/c1-31(2)20-11-21-32-25-17-10-9-16-24(25)30-26(32)18-19-29-28(33)27(22-12-5-3-6-13-22)23-14-7-4-8-15-23/h3-10,12-17,27H,11,18-21H2,1-2H3,(H,29,33). The summed E-state index contributed by atoms with van der Waals surface area (Å²) >= 11 is 0. The monoisotopic (exact) mass is 440 g/mol. The summed E-state index contributed by atoms with van der Waals surface area (Å²) in [4.78, 5) is 20.4. The highest BCUT2D eigenvalue weighted by atomic mass is 16.1. The smallest absolute Gasteiger partial charge is 0.232 e. The minimum atomic E-state index is -0.327. The number of fused-ring (bicyclic) bond motifs is 1. The lowest BCUT2D eigenvalue weighted by Crippen LogP contribution is -2.32. The number of rotatable bonds is 10. The molecule has 0 aliphatic rings. The molecule has 5 heteroatoms. The molecule has 1 amide bonds. The van der Waals surface area contributed by atoms with Crippen LogP contribution in [0.3, 0.4) is 0 Å². The highest BCUT2D eigenvalue weighted by molar-refractivity contribution is 5.87. The number of carbonyl (C=O) groups is 1. The van der Waals surface area contributed by atoms with E-state index in [-0.39, 0.29) is 11.8 Å². The maximum atomic E-state index is 13.3. The van der Waals surface area contributed by atoms with E-state index >= 15 is 0 Å². The van der Waals surface area contributed by atoms with Gasteiger partial charge in [0, 0.05) is 19.5 Å². The normalized spacial score (nSPS) is 11.4. The number of imidazole rings is 1. The maximum Gasteiger partial charge on any atom is 0.232 e. The molecular formula is C28H32N4O. The fraction of sp³-hybridized carbons (Fsp3) is 0.286. The summed E-state index contributed by atoms with van der Waals surface area (Å²) in [6, 6.07) is 28.2. The third-order valence-electron chi connectivity index (χ3n) is 5.90. The number of para-hydroxylation sites is 2. The molecule has 0 saturated heterocycles. The lowest BCUT2D eigenvalue weighted by Gasteiger charge is -2.18. The summed E-state index contributed by atoms with van der Waals surface area (Å²) in [5, 5.41) is 3.17. The first-order valence-corrected chi connectivity index (χ1v) is 11.6. The van der Waals surface area contributed by atoms with Gasteiger partial charge in [-0.2, -0.15) is 0 Å². The van der Waals surface area contributed by atoms with Gasteiger partial charge in [-0.3, -0.25) is 4.79 Å². The van der Waals surface area contributed by atoms with Crippen molar-refractivity contribution in [3.63, 3.8) is 0 Å². The van der Waals surface area contributed by atoms with Crippen LogP contribution in [-0.2, 0) is 17.8 Å². The van der Waals surface area contributed by atoms with Crippen LogP contribution in [-0.4, -0.2) is 47.5 Å². The molecular weight excluding hydrogens is 408 g/mol. The Morgan fingerprint density at radius 3 is 2.15 bits per heavy atom. The second-order valence-electron chi connectivity index (χ2n) is 8.62. The molecule has 0 spiro atoms. The first-order valence-electron chi connectivity index (χ1n) is 11.6. The van der Waals surface area contributed by atoms with Crippen molar-refractivity contribution in [3.05, 3.63) is 102 Å². The summed E-state index contributed by atoms with van der Waals surface area (Å²) in [5.74, 6) is 0.709. The Labute approximate surface area is 196 Å². The number of hydrogen-bond donors (Lipinski definition) is 1. The number of hydrogen-bond acceptors (Lipinski definition) is 3. The van der Waals surface area contributed by atoms with E-state index in [9.17, 15) is 4.79 Å². The number of carbonyl (C=O) groups excluding carboxylic acids is 1. The first-order chi connectivity index (χ1) is 16.1. The second kappa shape index (κ2) is 10.9. The molecule has 0 saturated carbocycles. The Morgan fingerprint density at radius 1 is 0.909 bits per heavy atom. The highest BCUT2D eigenvalue weighted by Gasteiger charge is 2.22. The third-order valence-corrected chi connectivity index (χ3v) is 5.90. The molecule has 170 valence electrons. The topological polar surface area (TPSA) is 50.2 Å². The zero-order chi connectivity index (χ0) is 23.0. The summed E-state index contributed by atoms with van der Waals surface area (Å²) in [5.41, 5.74) is 4.16. The average Bonchev–Trinajstić information content (AvgIpc) is 3.18. The van der Waals surface area contributed by atoms with Gasteiger partial charge in [0.05, 0.1) is 17.0 Å². The van der Waals surface area contributed by atoms with Gasteiger partial charge in [-0.05, 0) is 50.3 Å². The van der Waals surface area contributed by atoms with E-state index in [0.29, 0.717) is 13.0 Å². The fourth-order valence-corrected chi connectivity index (χ4v) is 4.30. The van der Waals surface area contributed by atoms with Crippen molar-refractivity contribution >= 4 is 16.9 Å². The van der Waals surface area contributed by atoms with Crippen LogP contribution >= 0.6 is 0 Å². The molecule has 4 rings (SSSR count). The Balaban J connectivity index is 1.48. The van der Waals surface area contributed by atoms with Crippen molar-refractivity contribution in [2.45, 2.75) is 25.3 Å². The van der Waals surface area contributed by atoms with Gasteiger partial charge in [-0.25, -0.2) is 4.98 Å². The van der Waals surface area contributed by atoms with Crippen LogP contribution in [0.5, 0.6) is 0 Å². The van der Waals surface area contributed by atoms with E-state index in [1.807, 2.05) is 66.7 Å². The lowest BCUT2D eigenvalue weighted by molar-refractivity contribution is -0.121. The van der Waals surface area contributed by atoms with E-state index in [0.717, 1.165) is 47.5 Å². The number of nitrogens with one attached hydrogen (secondary N) is 1. The number of benzene rings is 3. The van der Waals surface area contributed by atoms with Crippen molar-refractivity contribution in [1.29, 1.82) is 0 Å². The maximum absolute atomic E-state index is 13.3. The molecule has 0 unspecified atom stereocenters. The van der Waals surface area contributed by atoms with Crippen molar-refractivity contribution in [2.75, 3.05) is 27.2 Å². The zero-order valence-corrected chi connectivity index (χ0v) is 19.4. The van der Waals surface area contributed by atoms with Gasteiger partial charge >= 0.3 is 0 Å². The van der Waals surface area contributed by atoms with Crippen LogP contribution in [0.25, 0.3) is 11.0 Å². The molecule has 1 heterocycles. The predicted octanol–water partition coefficient (Wildman–Crippen LogP) is 4.48. The first kappa shape index (κ1) is 22.7. The number of nitrogens with zero attached hydrogens (tertiary/aromatic N) is 3. The minimum absolute atomic E-state index is 0.0164. The minimum Gasteiger partial charge on any atom is -0.355 e. The van der Waals surface area contributed by atoms with Crippen molar-refractivity contribution in [2.24, 2.45) is 0 Å². The van der Waals surface area contributed by atoms with Crippen molar-refractivity contribution in [1.82, 2.24) is 19.8 Å². The summed E-state index contributed by atoms with van der Waals surface area (Å²) in [6.07, 6.45) is 1.75. The summed E-state index contributed by atoms with van der Waals surface area (Å²) < 4.78 is 2.30. The lowest BCUT2D eigenvalue weighted by atomic mass is 9.90. The third kappa shape index (κ3) is 5.68. The molecule has 33 heavy (non-hydrogen) atoms. The van der Waals surface area contributed by atoms with Gasteiger partial charge in [0.25, 0.3) is 0 Å². The molecule has 0 atom stereocenters. The Bertz CT molecular complexity index is 1130. The highest BCUT2D eigenvalue weighted by Crippen LogP contribution is 2.25. The van der Waals surface area contributed by atoms with Crippen molar-refractivity contribution in [3.8, 4) is 0 Å². The Hall–Kier alpha value is -3.44. The predicted molar refractivity (Wildman–Crippen MR) is 134 cm³/mol. The van der Waals surface area contributed by atoms with Crippen LogP contribution in [0.15, 0.2) is 84.9 Å². The quantitative estimate of drug-likeness (QED) is 0.396. The molecule has 0 radical (unpaired) electrons. The summed E-state index contributed by atoms with van der Waals surface area (Å²) in [7, 11) is 4.19. The largest absolute Gasteiger partial charge is 0.355 e. The number of aryl methyl sites for hydroxylation is 1.